The number of nitrogens with zero attached hydrogens (tertiary/aromatic N) is 3. The molecule has 6 heteroatoms. The van der Waals surface area contributed by atoms with Gasteiger partial charge in [-0.2, -0.15) is 0 Å². The molecule has 0 saturated carbocycles. The van der Waals surface area contributed by atoms with Crippen LogP contribution in [-0.2, 0) is 13.6 Å². The molecule has 84 valence electrons. The molecule has 0 radical (unpaired) electrons. The maximum Gasteiger partial charge on any atom is 0.0774 e. The van der Waals surface area contributed by atoms with E-state index in [9.17, 15) is 0 Å². The molecule has 0 unspecified atom stereocenters. The summed E-state index contributed by atoms with van der Waals surface area (Å²) in [5.74, 6) is 0. The first-order valence-corrected chi connectivity index (χ1v) is 6.15. The summed E-state index contributed by atoms with van der Waals surface area (Å²) in [5, 5.41) is 11.8. The van der Waals surface area contributed by atoms with E-state index < -0.39 is 0 Å². The third-order valence-corrected chi connectivity index (χ3v) is 3.33. The Hall–Kier alpha value is -0.820. The van der Waals surface area contributed by atoms with Gasteiger partial charge in [0.25, 0.3) is 0 Å². The molecule has 1 N–H and O–H groups in total. The fourth-order valence-electron chi connectivity index (χ4n) is 1.29. The Morgan fingerprint density at radius 1 is 1.50 bits per heavy atom. The maximum absolute atomic E-state index is 5.89. The van der Waals surface area contributed by atoms with E-state index in [1.165, 1.54) is 0 Å². The number of hydrogen-bond acceptors (Lipinski definition) is 3. The predicted octanol–water partition coefficient (Wildman–Crippen LogP) is 2.69. The van der Waals surface area contributed by atoms with Crippen molar-refractivity contribution in [2.24, 2.45) is 7.05 Å². The van der Waals surface area contributed by atoms with Crippen molar-refractivity contribution in [2.45, 2.75) is 6.54 Å². The van der Waals surface area contributed by atoms with Gasteiger partial charge in [-0.1, -0.05) is 16.8 Å². The van der Waals surface area contributed by atoms with Crippen molar-refractivity contribution in [1.29, 1.82) is 0 Å². The minimum Gasteiger partial charge on any atom is -0.378 e. The van der Waals surface area contributed by atoms with Crippen molar-refractivity contribution in [3.05, 3.63) is 38.7 Å². The van der Waals surface area contributed by atoms with E-state index in [-0.39, 0.29) is 0 Å². The summed E-state index contributed by atoms with van der Waals surface area (Å²) in [6.07, 6.45) is 1.75. The number of aromatic nitrogens is 3. The highest BCUT2D eigenvalue weighted by Crippen LogP contribution is 2.22. The van der Waals surface area contributed by atoms with Crippen LogP contribution in [-0.4, -0.2) is 15.0 Å². The lowest BCUT2D eigenvalue weighted by Gasteiger charge is -2.08. The van der Waals surface area contributed by atoms with Gasteiger partial charge in [-0.25, -0.2) is 0 Å². The number of halogens is 2. The topological polar surface area (TPSA) is 42.7 Å². The summed E-state index contributed by atoms with van der Waals surface area (Å²) < 4.78 is 2.84. The molecule has 16 heavy (non-hydrogen) atoms. The summed E-state index contributed by atoms with van der Waals surface area (Å²) in [6, 6.07) is 5.76. The second kappa shape index (κ2) is 5.01. The van der Waals surface area contributed by atoms with Crippen LogP contribution in [0.1, 0.15) is 5.69 Å². The Kier molecular flexibility index (Phi) is 3.65. The highest BCUT2D eigenvalue weighted by atomic mass is 127. The van der Waals surface area contributed by atoms with Crippen molar-refractivity contribution in [1.82, 2.24) is 15.0 Å². The molecule has 0 bridgehead atoms. The van der Waals surface area contributed by atoms with Gasteiger partial charge in [0.1, 0.15) is 0 Å². The molecule has 0 fully saturated rings. The van der Waals surface area contributed by atoms with Crippen molar-refractivity contribution >= 4 is 39.9 Å². The lowest BCUT2D eigenvalue weighted by Crippen LogP contribution is -2.06. The van der Waals surface area contributed by atoms with Crippen LogP contribution in [0.25, 0.3) is 0 Å². The first kappa shape index (κ1) is 11.7. The number of hydrogen-bond donors (Lipinski definition) is 1. The van der Waals surface area contributed by atoms with Crippen LogP contribution in [0.4, 0.5) is 5.69 Å². The van der Waals surface area contributed by atoms with Crippen molar-refractivity contribution < 1.29 is 0 Å². The van der Waals surface area contributed by atoms with Gasteiger partial charge in [-0.05, 0) is 40.8 Å². The first-order valence-electron chi connectivity index (χ1n) is 4.69. The summed E-state index contributed by atoms with van der Waals surface area (Å²) >= 11 is 8.14. The molecule has 4 nitrogen and oxygen atoms in total. The monoisotopic (exact) mass is 348 g/mol. The van der Waals surface area contributed by atoms with Crippen LogP contribution < -0.4 is 5.32 Å². The van der Waals surface area contributed by atoms with E-state index in [4.69, 9.17) is 11.6 Å². The Bertz CT molecular complexity index is 497. The molecular formula is C10H10ClIN4. The zero-order valence-electron chi connectivity index (χ0n) is 8.61. The van der Waals surface area contributed by atoms with E-state index in [1.807, 2.05) is 25.2 Å². The van der Waals surface area contributed by atoms with Gasteiger partial charge in [0, 0.05) is 21.3 Å². The van der Waals surface area contributed by atoms with Crippen LogP contribution in [0, 0.1) is 3.57 Å². The van der Waals surface area contributed by atoms with Crippen molar-refractivity contribution in [3.63, 3.8) is 0 Å². The van der Waals surface area contributed by atoms with E-state index >= 15 is 0 Å². The minimum absolute atomic E-state index is 0.696. The molecular weight excluding hydrogens is 338 g/mol. The fourth-order valence-corrected chi connectivity index (χ4v) is 2.35. The molecule has 0 saturated heterocycles. The third kappa shape index (κ3) is 2.65. The summed E-state index contributed by atoms with van der Waals surface area (Å²) in [5.41, 5.74) is 2.09. The molecule has 2 rings (SSSR count). The fraction of sp³-hybridized carbons (Fsp3) is 0.200. The Labute approximate surface area is 112 Å². The normalized spacial score (nSPS) is 10.4. The number of anilines is 1. The zero-order chi connectivity index (χ0) is 11.5. The van der Waals surface area contributed by atoms with E-state index in [2.05, 4.69) is 38.2 Å². The molecule has 0 atom stereocenters. The van der Waals surface area contributed by atoms with Crippen molar-refractivity contribution in [2.75, 3.05) is 5.32 Å². The van der Waals surface area contributed by atoms with E-state index in [0.29, 0.717) is 6.54 Å². The van der Waals surface area contributed by atoms with Crippen molar-refractivity contribution in [3.8, 4) is 0 Å². The zero-order valence-corrected chi connectivity index (χ0v) is 11.5. The van der Waals surface area contributed by atoms with E-state index in [1.54, 1.807) is 10.9 Å². The maximum atomic E-state index is 5.89. The Morgan fingerprint density at radius 3 is 2.94 bits per heavy atom. The van der Waals surface area contributed by atoms with Gasteiger partial charge >= 0.3 is 0 Å². The second-order valence-corrected chi connectivity index (χ2v) is 4.93. The molecule has 0 aliphatic carbocycles. The van der Waals surface area contributed by atoms with Crippen LogP contribution in [0.15, 0.2) is 24.4 Å². The standard InChI is InChI=1S/C10H10ClIN4/c1-16-8(6-14-15-16)5-13-10-3-2-7(11)4-9(10)12/h2-4,6,13H,5H2,1H3. The Balaban J connectivity index is 2.08. The highest BCUT2D eigenvalue weighted by Gasteiger charge is 2.02. The molecule has 2 aromatic rings. The number of aryl methyl sites for hydroxylation is 1. The molecule has 0 aliphatic heterocycles. The van der Waals surface area contributed by atoms with Gasteiger partial charge < -0.3 is 5.32 Å². The molecule has 0 spiro atoms. The lowest BCUT2D eigenvalue weighted by molar-refractivity contribution is 0.683. The molecule has 1 aromatic heterocycles. The minimum atomic E-state index is 0.696. The van der Waals surface area contributed by atoms with Crippen LogP contribution >= 0.6 is 34.2 Å². The van der Waals surface area contributed by atoms with Crippen LogP contribution in [0.2, 0.25) is 5.02 Å². The molecule has 1 aromatic carbocycles. The number of benzene rings is 1. The molecule has 0 amide bonds. The van der Waals surface area contributed by atoms with Crippen LogP contribution in [0.5, 0.6) is 0 Å². The summed E-state index contributed by atoms with van der Waals surface area (Å²) in [4.78, 5) is 0. The average molecular weight is 349 g/mol. The lowest BCUT2D eigenvalue weighted by atomic mass is 10.3. The number of rotatable bonds is 3. The van der Waals surface area contributed by atoms with Crippen LogP contribution in [0.3, 0.4) is 0 Å². The van der Waals surface area contributed by atoms with Gasteiger partial charge in [0.2, 0.25) is 0 Å². The molecule has 1 heterocycles. The average Bonchev–Trinajstić information content (AvgIpc) is 2.63. The smallest absolute Gasteiger partial charge is 0.0774 e. The van der Waals surface area contributed by atoms with E-state index in [0.717, 1.165) is 20.0 Å². The third-order valence-electron chi connectivity index (χ3n) is 2.20. The summed E-state index contributed by atoms with van der Waals surface area (Å²) in [6.45, 7) is 0.696. The van der Waals surface area contributed by atoms with Gasteiger partial charge in [0.15, 0.2) is 0 Å². The second-order valence-electron chi connectivity index (χ2n) is 3.33. The van der Waals surface area contributed by atoms with Gasteiger partial charge in [-0.3, -0.25) is 4.68 Å². The highest BCUT2D eigenvalue weighted by molar-refractivity contribution is 14.1. The Morgan fingerprint density at radius 2 is 2.31 bits per heavy atom. The first-order chi connectivity index (χ1) is 7.66. The van der Waals surface area contributed by atoms with Gasteiger partial charge in [-0.15, -0.1) is 5.10 Å². The largest absolute Gasteiger partial charge is 0.378 e. The SMILES string of the molecule is Cn1nncc1CNc1ccc(Cl)cc1I. The quantitative estimate of drug-likeness (QED) is 0.867. The summed E-state index contributed by atoms with van der Waals surface area (Å²) in [7, 11) is 1.87. The number of nitrogens with one attached hydrogen (secondary N) is 1. The molecule has 0 aliphatic rings. The predicted molar refractivity (Wildman–Crippen MR) is 72.5 cm³/mol. The van der Waals surface area contributed by atoms with Gasteiger partial charge in [0.05, 0.1) is 18.4 Å².